The van der Waals surface area contributed by atoms with Crippen LogP contribution in [0.3, 0.4) is 0 Å². The molecule has 0 saturated carbocycles. The lowest BCUT2D eigenvalue weighted by molar-refractivity contribution is -0.305. The Kier molecular flexibility index (Phi) is 40.7. The van der Waals surface area contributed by atoms with Crippen LogP contribution < -0.4 is 5.32 Å². The van der Waals surface area contributed by atoms with Crippen LogP contribution in [0.15, 0.2) is 85.1 Å². The van der Waals surface area contributed by atoms with Crippen molar-refractivity contribution in [2.45, 2.75) is 243 Å². The van der Waals surface area contributed by atoms with Crippen molar-refractivity contribution in [2.75, 3.05) is 13.2 Å². The number of allylic oxidation sites excluding steroid dienone is 13. The molecule has 1 saturated heterocycles. The molecule has 11 nitrogen and oxygen atoms in total. The summed E-state index contributed by atoms with van der Waals surface area (Å²) in [5, 5.41) is 56.6. The SMILES string of the molecule is CC/C=C/C=C/C=C\CCCCCCCC(=O)OC1C(OCC(NC(=O)C(O)CCCCCCCC/C=C/C=C/C=C/CC)C(O)/C=C/CCCCCCCCCCC)OC(CO)C(O)C1O. The zero-order valence-electron chi connectivity index (χ0n) is 42.0. The standard InChI is InChI=1S/C56H95NO10/c1-4-7-10-13-16-19-22-24-26-28-31-34-37-40-43-49(60)55(64)57-47(48(59)42-39-36-33-30-27-21-18-15-12-9-6-3)46-65-56-54(53(63)52(62)50(45-58)66-56)67-51(61)44-41-38-35-32-29-25-23-20-17-14-11-8-5-2/h7-8,10-11,13-14,16-17,19-20,22-23,39,42,47-50,52-54,56,58-60,62-63H,4-6,9,12,15,18,21,24-38,40-41,43-46H2,1-3H3,(H,57,64)/b10-7+,11-8+,16-13+,17-14+,22-19+,23-20-,42-39+. The molecule has 384 valence electrons. The highest BCUT2D eigenvalue weighted by Crippen LogP contribution is 2.26. The van der Waals surface area contributed by atoms with Gasteiger partial charge in [-0.2, -0.15) is 0 Å². The van der Waals surface area contributed by atoms with Crippen LogP contribution in [0.25, 0.3) is 0 Å². The average molecular weight is 942 g/mol. The first-order valence-corrected chi connectivity index (χ1v) is 26.4. The summed E-state index contributed by atoms with van der Waals surface area (Å²) >= 11 is 0. The Balaban J connectivity index is 2.79. The largest absolute Gasteiger partial charge is 0.454 e. The Morgan fingerprint density at radius 1 is 0.597 bits per heavy atom. The van der Waals surface area contributed by atoms with E-state index in [9.17, 15) is 35.1 Å². The van der Waals surface area contributed by atoms with Gasteiger partial charge in [-0.25, -0.2) is 0 Å². The van der Waals surface area contributed by atoms with Crippen molar-refractivity contribution < 1.29 is 49.3 Å². The minimum atomic E-state index is -1.63. The predicted molar refractivity (Wildman–Crippen MR) is 273 cm³/mol. The van der Waals surface area contributed by atoms with Crippen molar-refractivity contribution >= 4 is 11.9 Å². The lowest BCUT2D eigenvalue weighted by Gasteiger charge is -2.41. The molecular formula is C56H95NO10. The zero-order chi connectivity index (χ0) is 49.0. The molecule has 0 bridgehead atoms. The van der Waals surface area contributed by atoms with Gasteiger partial charge in [-0.05, 0) is 64.2 Å². The predicted octanol–water partition coefficient (Wildman–Crippen LogP) is 11.0. The van der Waals surface area contributed by atoms with E-state index < -0.39 is 67.4 Å². The molecule has 1 amide bonds. The lowest BCUT2D eigenvalue weighted by Crippen LogP contribution is -2.61. The second-order valence-electron chi connectivity index (χ2n) is 18.0. The van der Waals surface area contributed by atoms with Crippen LogP contribution in [0.1, 0.15) is 194 Å². The molecular weight excluding hydrogens is 847 g/mol. The third-order valence-corrected chi connectivity index (χ3v) is 11.9. The number of carbonyl (C=O) groups excluding carboxylic acids is 2. The van der Waals surface area contributed by atoms with Gasteiger partial charge >= 0.3 is 5.97 Å². The van der Waals surface area contributed by atoms with E-state index in [1.54, 1.807) is 6.08 Å². The summed E-state index contributed by atoms with van der Waals surface area (Å²) in [5.74, 6) is -1.24. The molecule has 0 aromatic heterocycles. The third kappa shape index (κ3) is 33.1. The molecule has 67 heavy (non-hydrogen) atoms. The molecule has 1 heterocycles. The van der Waals surface area contributed by atoms with Crippen molar-refractivity contribution in [1.82, 2.24) is 5.32 Å². The topological polar surface area (TPSA) is 175 Å². The van der Waals surface area contributed by atoms with Gasteiger partial charge in [-0.3, -0.25) is 9.59 Å². The number of ether oxygens (including phenoxy) is 3. The van der Waals surface area contributed by atoms with Crippen LogP contribution in [0, 0.1) is 0 Å². The van der Waals surface area contributed by atoms with Crippen molar-refractivity contribution in [2.24, 2.45) is 0 Å². The number of rotatable bonds is 42. The fourth-order valence-electron chi connectivity index (χ4n) is 7.71. The Bertz CT molecular complexity index is 1410. The summed E-state index contributed by atoms with van der Waals surface area (Å²) < 4.78 is 17.5. The van der Waals surface area contributed by atoms with Gasteiger partial charge in [0.1, 0.15) is 24.4 Å². The normalized spacial score (nSPS) is 20.7. The number of aliphatic hydroxyl groups excluding tert-OH is 5. The molecule has 11 heteroatoms. The van der Waals surface area contributed by atoms with Crippen LogP contribution >= 0.6 is 0 Å². The van der Waals surface area contributed by atoms with Gasteiger partial charge in [0.2, 0.25) is 5.91 Å². The van der Waals surface area contributed by atoms with Crippen LogP contribution in [0.5, 0.6) is 0 Å². The summed E-state index contributed by atoms with van der Waals surface area (Å²) in [6, 6.07) is -1.04. The number of unbranched alkanes of at least 4 members (excludes halogenated alkanes) is 20. The van der Waals surface area contributed by atoms with Gasteiger partial charge < -0.3 is 45.1 Å². The summed E-state index contributed by atoms with van der Waals surface area (Å²) in [4.78, 5) is 26.3. The van der Waals surface area contributed by atoms with Crippen molar-refractivity contribution in [3.63, 3.8) is 0 Å². The molecule has 0 aliphatic carbocycles. The smallest absolute Gasteiger partial charge is 0.306 e. The van der Waals surface area contributed by atoms with E-state index in [-0.39, 0.29) is 19.4 Å². The van der Waals surface area contributed by atoms with E-state index in [0.29, 0.717) is 12.8 Å². The van der Waals surface area contributed by atoms with Crippen LogP contribution in [-0.2, 0) is 23.8 Å². The van der Waals surface area contributed by atoms with E-state index in [4.69, 9.17) is 14.2 Å². The van der Waals surface area contributed by atoms with Crippen molar-refractivity contribution in [1.29, 1.82) is 0 Å². The van der Waals surface area contributed by atoms with E-state index in [2.05, 4.69) is 68.6 Å². The number of carbonyl (C=O) groups is 2. The summed E-state index contributed by atoms with van der Waals surface area (Å²) in [6.45, 7) is 5.45. The van der Waals surface area contributed by atoms with E-state index >= 15 is 0 Å². The van der Waals surface area contributed by atoms with E-state index in [0.717, 1.165) is 109 Å². The summed E-state index contributed by atoms with van der Waals surface area (Å²) in [7, 11) is 0. The van der Waals surface area contributed by atoms with Gasteiger partial charge in [0, 0.05) is 6.42 Å². The molecule has 1 aliphatic rings. The monoisotopic (exact) mass is 942 g/mol. The molecule has 8 atom stereocenters. The number of hydrogen-bond donors (Lipinski definition) is 6. The molecule has 0 radical (unpaired) electrons. The average Bonchev–Trinajstić information content (AvgIpc) is 3.32. The Morgan fingerprint density at radius 2 is 1.07 bits per heavy atom. The molecule has 0 aromatic carbocycles. The fraction of sp³-hybridized carbons (Fsp3) is 0.714. The minimum Gasteiger partial charge on any atom is -0.454 e. The molecule has 8 unspecified atom stereocenters. The first-order valence-electron chi connectivity index (χ1n) is 26.4. The molecule has 1 fully saturated rings. The van der Waals surface area contributed by atoms with Gasteiger partial charge in [0.05, 0.1) is 25.4 Å². The Labute approximate surface area is 406 Å². The number of amides is 1. The zero-order valence-corrected chi connectivity index (χ0v) is 42.0. The number of aliphatic hydroxyl groups is 5. The molecule has 0 spiro atoms. The van der Waals surface area contributed by atoms with Gasteiger partial charge in [-0.1, -0.05) is 209 Å². The van der Waals surface area contributed by atoms with E-state index in [1.807, 2.05) is 36.5 Å². The quantitative estimate of drug-likeness (QED) is 0.0150. The molecule has 0 aromatic rings. The minimum absolute atomic E-state index is 0.0949. The van der Waals surface area contributed by atoms with Gasteiger partial charge in [-0.15, -0.1) is 0 Å². The maximum absolute atomic E-state index is 13.3. The van der Waals surface area contributed by atoms with Crippen LogP contribution in [0.2, 0.25) is 0 Å². The Morgan fingerprint density at radius 3 is 1.60 bits per heavy atom. The third-order valence-electron chi connectivity index (χ3n) is 11.9. The highest BCUT2D eigenvalue weighted by atomic mass is 16.7. The van der Waals surface area contributed by atoms with Gasteiger partial charge in [0.15, 0.2) is 12.4 Å². The van der Waals surface area contributed by atoms with Crippen LogP contribution in [-0.4, -0.2) is 99.6 Å². The maximum atomic E-state index is 13.3. The first kappa shape index (κ1) is 61.9. The van der Waals surface area contributed by atoms with Crippen molar-refractivity contribution in [3.05, 3.63) is 85.1 Å². The van der Waals surface area contributed by atoms with Gasteiger partial charge in [0.25, 0.3) is 0 Å². The number of nitrogens with one attached hydrogen (secondary N) is 1. The molecule has 1 aliphatic heterocycles. The lowest BCUT2D eigenvalue weighted by atomic mass is 9.99. The first-order chi connectivity index (χ1) is 32.7. The van der Waals surface area contributed by atoms with Crippen LogP contribution in [0.4, 0.5) is 0 Å². The number of esters is 1. The van der Waals surface area contributed by atoms with E-state index in [1.165, 1.54) is 38.5 Å². The molecule has 1 rings (SSSR count). The highest BCUT2D eigenvalue weighted by molar-refractivity contribution is 5.80. The maximum Gasteiger partial charge on any atom is 0.306 e. The highest BCUT2D eigenvalue weighted by Gasteiger charge is 2.47. The second-order valence-corrected chi connectivity index (χ2v) is 18.0. The molecule has 6 N–H and O–H groups in total. The summed E-state index contributed by atoms with van der Waals surface area (Å²) in [6.07, 6.45) is 44.9. The second kappa shape index (κ2) is 44.1. The fourth-order valence-corrected chi connectivity index (χ4v) is 7.71. The Hall–Kier alpha value is -3.16. The summed E-state index contributed by atoms with van der Waals surface area (Å²) in [5.41, 5.74) is 0. The number of hydrogen-bond acceptors (Lipinski definition) is 10. The van der Waals surface area contributed by atoms with Crippen molar-refractivity contribution in [3.8, 4) is 0 Å².